The van der Waals surface area contributed by atoms with E-state index in [0.717, 1.165) is 6.42 Å². The first-order chi connectivity index (χ1) is 6.64. The van der Waals surface area contributed by atoms with Crippen LogP contribution >= 0.6 is 23.0 Å². The Labute approximate surface area is 97.5 Å². The maximum absolute atomic E-state index is 9.31. The summed E-state index contributed by atoms with van der Waals surface area (Å²) >= 11 is 1.87. The zero-order valence-corrected chi connectivity index (χ0v) is 10.2. The number of ether oxygens (including phenoxy) is 1. The monoisotopic (exact) mass is 308 g/mol. The molecule has 0 unspecified atom stereocenters. The minimum atomic E-state index is -0.600. The average Bonchev–Trinajstić information content (AvgIpc) is 2.40. The lowest BCUT2D eigenvalue weighted by Crippen LogP contribution is -2.44. The Morgan fingerprint density at radius 1 is 1.64 bits per heavy atom. The molecule has 2 aliphatic heterocycles. The molecule has 2 rings (SSSR count). The van der Waals surface area contributed by atoms with E-state index in [1.165, 1.54) is 5.57 Å². The Balaban J connectivity index is 2.29. The van der Waals surface area contributed by atoms with Gasteiger partial charge in [0.25, 0.3) is 0 Å². The lowest BCUT2D eigenvalue weighted by molar-refractivity contribution is -0.105. The molecular weight excluding hydrogens is 295 g/mol. The Bertz CT molecular complexity index is 300. The van der Waals surface area contributed by atoms with Crippen LogP contribution in [0.1, 0.15) is 13.3 Å². The van der Waals surface area contributed by atoms with E-state index in [9.17, 15) is 5.11 Å². The zero-order valence-electron chi connectivity index (χ0n) is 8.00. The van der Waals surface area contributed by atoms with E-state index < -0.39 is 5.60 Å². The van der Waals surface area contributed by atoms with Crippen molar-refractivity contribution in [1.29, 1.82) is 0 Å². The molecule has 0 spiro atoms. The second-order valence-corrected chi connectivity index (χ2v) is 4.66. The van der Waals surface area contributed by atoms with Gasteiger partial charge in [0.05, 0.1) is 13.2 Å². The summed E-state index contributed by atoms with van der Waals surface area (Å²) in [7, 11) is 0. The molecule has 3 nitrogen and oxygen atoms in total. The number of aliphatic hydroxyl groups is 1. The molecule has 14 heavy (non-hydrogen) atoms. The number of hydrogen-bond donors (Lipinski definition) is 1. The van der Waals surface area contributed by atoms with Crippen LogP contribution in [0.25, 0.3) is 0 Å². The molecule has 0 aromatic rings. The molecule has 2 atom stereocenters. The van der Waals surface area contributed by atoms with Gasteiger partial charge in [-0.25, -0.2) is 0 Å². The summed E-state index contributed by atoms with van der Waals surface area (Å²) < 4.78 is 11.0. The van der Waals surface area contributed by atoms with Crippen LogP contribution in [0.5, 0.6) is 0 Å². The van der Waals surface area contributed by atoms with Crippen molar-refractivity contribution in [3.63, 3.8) is 0 Å². The van der Waals surface area contributed by atoms with E-state index in [-0.39, 0.29) is 12.2 Å². The highest BCUT2D eigenvalue weighted by Gasteiger charge is 2.46. The molecule has 2 aliphatic rings. The van der Waals surface area contributed by atoms with E-state index in [2.05, 4.69) is 6.92 Å². The van der Waals surface area contributed by atoms with Crippen molar-refractivity contribution in [2.45, 2.75) is 24.5 Å². The van der Waals surface area contributed by atoms with Gasteiger partial charge in [-0.3, -0.25) is 0 Å². The van der Waals surface area contributed by atoms with Gasteiger partial charge in [0.2, 0.25) is 0 Å². The zero-order chi connectivity index (χ0) is 10.2. The van der Waals surface area contributed by atoms with Crippen molar-refractivity contribution in [1.82, 2.24) is 0 Å². The molecule has 2 bridgehead atoms. The normalized spacial score (nSPS) is 40.1. The van der Waals surface area contributed by atoms with Gasteiger partial charge in [-0.15, -0.1) is 0 Å². The Hall–Kier alpha value is 0.0900. The molecule has 0 aliphatic carbocycles. The summed E-state index contributed by atoms with van der Waals surface area (Å²) in [5, 5.41) is 9.31. The molecular formula is C10H13IO3. The quantitative estimate of drug-likeness (QED) is 0.638. The second-order valence-electron chi connectivity index (χ2n) is 4.03. The summed E-state index contributed by atoms with van der Waals surface area (Å²) in [4.78, 5) is 0. The van der Waals surface area contributed by atoms with Crippen molar-refractivity contribution < 1.29 is 12.9 Å². The van der Waals surface area contributed by atoms with Gasteiger partial charge in [-0.2, -0.15) is 0 Å². The van der Waals surface area contributed by atoms with Crippen LogP contribution in [0.3, 0.4) is 0 Å². The third-order valence-corrected chi connectivity index (χ3v) is 2.99. The Morgan fingerprint density at radius 3 is 3.07 bits per heavy atom. The molecule has 0 amide bonds. The topological polar surface area (TPSA) is 38.7 Å². The minimum Gasteiger partial charge on any atom is -0.393 e. The maximum Gasteiger partial charge on any atom is 0.129 e. The summed E-state index contributed by atoms with van der Waals surface area (Å²) in [6, 6.07) is 0. The maximum atomic E-state index is 9.31. The van der Waals surface area contributed by atoms with Crippen molar-refractivity contribution in [2.24, 2.45) is 0 Å². The van der Waals surface area contributed by atoms with Crippen molar-refractivity contribution in [2.75, 3.05) is 13.2 Å². The van der Waals surface area contributed by atoms with Crippen LogP contribution in [0.2, 0.25) is 0 Å². The van der Waals surface area contributed by atoms with Crippen molar-refractivity contribution in [3.8, 4) is 0 Å². The molecule has 0 fully saturated rings. The van der Waals surface area contributed by atoms with E-state index in [1.807, 2.05) is 41.2 Å². The number of hydrogen-bond acceptors (Lipinski definition) is 3. The molecule has 0 aromatic heterocycles. The highest BCUT2D eigenvalue weighted by Crippen LogP contribution is 2.42. The van der Waals surface area contributed by atoms with Gasteiger partial charge < -0.3 is 12.9 Å². The Kier molecular flexibility index (Phi) is 2.72. The molecule has 0 radical (unpaired) electrons. The third kappa shape index (κ3) is 1.64. The summed E-state index contributed by atoms with van der Waals surface area (Å²) in [6.45, 7) is 2.57. The van der Waals surface area contributed by atoms with Crippen LogP contribution in [0.4, 0.5) is 0 Å². The van der Waals surface area contributed by atoms with Crippen LogP contribution in [0, 0.1) is 0 Å². The molecule has 78 valence electrons. The fourth-order valence-electron chi connectivity index (χ4n) is 2.20. The van der Waals surface area contributed by atoms with E-state index in [4.69, 9.17) is 7.80 Å². The van der Waals surface area contributed by atoms with Gasteiger partial charge in [-0.1, -0.05) is 11.6 Å². The first-order valence-electron chi connectivity index (χ1n) is 4.57. The largest absolute Gasteiger partial charge is 0.393 e. The first-order valence-corrected chi connectivity index (χ1v) is 5.45. The van der Waals surface area contributed by atoms with Crippen molar-refractivity contribution in [3.05, 3.63) is 23.8 Å². The molecule has 0 saturated heterocycles. The summed E-state index contributed by atoms with van der Waals surface area (Å²) in [5.74, 6) is 0. The highest BCUT2D eigenvalue weighted by atomic mass is 127. The van der Waals surface area contributed by atoms with Gasteiger partial charge in [0.15, 0.2) is 0 Å². The summed E-state index contributed by atoms with van der Waals surface area (Å²) in [5.41, 5.74) is 0.282. The third-order valence-electron chi connectivity index (χ3n) is 2.68. The molecule has 0 aromatic carbocycles. The average molecular weight is 308 g/mol. The Morgan fingerprint density at radius 2 is 2.43 bits per heavy atom. The van der Waals surface area contributed by atoms with Crippen molar-refractivity contribution >= 4 is 23.0 Å². The van der Waals surface area contributed by atoms with Gasteiger partial charge in [0.1, 0.15) is 34.2 Å². The highest BCUT2D eigenvalue weighted by molar-refractivity contribution is 14.1. The van der Waals surface area contributed by atoms with Crippen LogP contribution < -0.4 is 0 Å². The fraction of sp³-hybridized carbons (Fsp3) is 0.600. The smallest absolute Gasteiger partial charge is 0.129 e. The fourth-order valence-corrected chi connectivity index (χ4v) is 2.73. The number of rotatable bonds is 3. The van der Waals surface area contributed by atoms with E-state index >= 15 is 0 Å². The minimum absolute atomic E-state index is 0.0101. The lowest BCUT2D eigenvalue weighted by Gasteiger charge is -2.37. The van der Waals surface area contributed by atoms with Crippen LogP contribution in [-0.2, 0) is 7.80 Å². The number of halogens is 1. The predicted molar refractivity (Wildman–Crippen MR) is 61.1 cm³/mol. The molecule has 1 N–H and O–H groups in total. The number of aliphatic hydroxyl groups excluding tert-OH is 1. The lowest BCUT2D eigenvalue weighted by atomic mass is 9.93. The molecule has 0 saturated carbocycles. The van der Waals surface area contributed by atoms with Gasteiger partial charge in [-0.05, 0) is 19.1 Å². The summed E-state index contributed by atoms with van der Waals surface area (Å²) in [6.07, 6.45) is 6.77. The van der Waals surface area contributed by atoms with E-state index in [0.29, 0.717) is 6.61 Å². The second kappa shape index (κ2) is 3.59. The molecule has 4 heteroatoms. The molecule has 2 heterocycles. The predicted octanol–water partition coefficient (Wildman–Crippen LogP) is 1.76. The van der Waals surface area contributed by atoms with Gasteiger partial charge >= 0.3 is 0 Å². The van der Waals surface area contributed by atoms with Gasteiger partial charge in [0, 0.05) is 6.42 Å². The SMILES string of the molecule is CC1=C[C@@]2(CO)C=C[C@@](COI)(C1)O2. The first kappa shape index (κ1) is 10.6. The standard InChI is InChI=1S/C10H13IO3/c1-8-4-9(6-12)2-3-10(5-8,14-9)7-13-11/h2-4,12H,5-7H2,1H3/t9-,10+/m1/s1. The van der Waals surface area contributed by atoms with Crippen LogP contribution in [-0.4, -0.2) is 29.5 Å². The van der Waals surface area contributed by atoms with Crippen LogP contribution in [0.15, 0.2) is 23.8 Å². The van der Waals surface area contributed by atoms with E-state index in [1.54, 1.807) is 0 Å². The number of fused-ring (bicyclic) bond motifs is 2.